The first-order valence-electron chi connectivity index (χ1n) is 7.67. The van der Waals surface area contributed by atoms with Crippen LogP contribution in [-0.2, 0) is 4.74 Å². The Hall–Kier alpha value is -2.40. The van der Waals surface area contributed by atoms with Gasteiger partial charge in [0.1, 0.15) is 5.69 Å². The van der Waals surface area contributed by atoms with Crippen LogP contribution in [-0.4, -0.2) is 31.2 Å². The highest BCUT2D eigenvalue weighted by atomic mass is 16.5. The molecule has 23 heavy (non-hydrogen) atoms. The second-order valence-corrected chi connectivity index (χ2v) is 5.48. The maximum atomic E-state index is 12.4. The van der Waals surface area contributed by atoms with Crippen molar-refractivity contribution in [3.05, 3.63) is 53.3 Å². The maximum Gasteiger partial charge on any atom is 0.274 e. The number of nitrogens with zero attached hydrogens (tertiary/aromatic N) is 1. The minimum absolute atomic E-state index is 0.211. The lowest BCUT2D eigenvalue weighted by Crippen LogP contribution is -2.15. The standard InChI is InChI=1S/C18H23N3O2/c1-13-5-6-16(14(2)11-13)21-18(22)17-12-15(7-9-20-17)19-8-4-10-23-3/h5-7,9,11-12H,4,8,10H2,1-3H3,(H,19,20)(H,21,22). The Morgan fingerprint density at radius 2 is 2.04 bits per heavy atom. The molecule has 1 aromatic carbocycles. The fourth-order valence-corrected chi connectivity index (χ4v) is 2.25. The summed E-state index contributed by atoms with van der Waals surface area (Å²) in [5, 5.41) is 6.17. The number of pyridine rings is 1. The summed E-state index contributed by atoms with van der Waals surface area (Å²) in [7, 11) is 1.68. The molecule has 0 aliphatic heterocycles. The zero-order valence-corrected chi connectivity index (χ0v) is 13.8. The van der Waals surface area contributed by atoms with Gasteiger partial charge in [-0.2, -0.15) is 0 Å². The summed E-state index contributed by atoms with van der Waals surface area (Å²) >= 11 is 0. The van der Waals surface area contributed by atoms with Crippen molar-refractivity contribution in [2.45, 2.75) is 20.3 Å². The lowest BCUT2D eigenvalue weighted by atomic mass is 10.1. The Labute approximate surface area is 137 Å². The number of nitrogens with one attached hydrogen (secondary N) is 2. The first-order chi connectivity index (χ1) is 11.1. The summed E-state index contributed by atoms with van der Waals surface area (Å²) in [6.07, 6.45) is 2.54. The molecule has 0 fully saturated rings. The van der Waals surface area contributed by atoms with E-state index in [0.29, 0.717) is 12.3 Å². The lowest BCUT2D eigenvalue weighted by molar-refractivity contribution is 0.102. The summed E-state index contributed by atoms with van der Waals surface area (Å²) in [4.78, 5) is 16.5. The predicted octanol–water partition coefficient (Wildman–Crippen LogP) is 3.40. The fraction of sp³-hybridized carbons (Fsp3) is 0.333. The summed E-state index contributed by atoms with van der Waals surface area (Å²) in [6.45, 7) is 5.50. The van der Waals surface area contributed by atoms with Crippen LogP contribution in [0.4, 0.5) is 11.4 Å². The Balaban J connectivity index is 2.01. The Kier molecular flexibility index (Phi) is 6.11. The van der Waals surface area contributed by atoms with E-state index in [1.54, 1.807) is 19.4 Å². The second-order valence-electron chi connectivity index (χ2n) is 5.48. The van der Waals surface area contributed by atoms with E-state index in [1.807, 2.05) is 38.1 Å². The molecule has 122 valence electrons. The molecule has 0 saturated heterocycles. The van der Waals surface area contributed by atoms with Crippen molar-refractivity contribution in [3.8, 4) is 0 Å². The zero-order chi connectivity index (χ0) is 16.7. The molecule has 5 heteroatoms. The molecule has 0 spiro atoms. The topological polar surface area (TPSA) is 63.2 Å². The largest absolute Gasteiger partial charge is 0.385 e. The number of anilines is 2. The van der Waals surface area contributed by atoms with Gasteiger partial charge in [-0.05, 0) is 44.0 Å². The Morgan fingerprint density at radius 3 is 2.78 bits per heavy atom. The van der Waals surface area contributed by atoms with Gasteiger partial charge in [0, 0.05) is 37.8 Å². The minimum atomic E-state index is -0.211. The molecule has 0 saturated carbocycles. The fourth-order valence-electron chi connectivity index (χ4n) is 2.25. The number of hydrogen-bond donors (Lipinski definition) is 2. The van der Waals surface area contributed by atoms with E-state index >= 15 is 0 Å². The first-order valence-corrected chi connectivity index (χ1v) is 7.67. The van der Waals surface area contributed by atoms with E-state index in [1.165, 1.54) is 5.56 Å². The molecule has 0 atom stereocenters. The van der Waals surface area contributed by atoms with Crippen LogP contribution in [0.3, 0.4) is 0 Å². The molecule has 1 aromatic heterocycles. The van der Waals surface area contributed by atoms with Gasteiger partial charge in [0.05, 0.1) is 0 Å². The molecule has 0 aliphatic rings. The number of carbonyl (C=O) groups is 1. The second kappa shape index (κ2) is 8.29. The smallest absolute Gasteiger partial charge is 0.274 e. The Morgan fingerprint density at radius 1 is 1.22 bits per heavy atom. The molecular formula is C18H23N3O2. The van der Waals surface area contributed by atoms with Crippen LogP contribution in [0, 0.1) is 13.8 Å². The number of amides is 1. The average Bonchev–Trinajstić information content (AvgIpc) is 2.54. The first kappa shape index (κ1) is 17.0. The number of ether oxygens (including phenoxy) is 1. The van der Waals surface area contributed by atoms with Crippen molar-refractivity contribution in [2.24, 2.45) is 0 Å². The molecule has 0 aliphatic carbocycles. The van der Waals surface area contributed by atoms with Crippen LogP contribution in [0.5, 0.6) is 0 Å². The number of methoxy groups -OCH3 is 1. The van der Waals surface area contributed by atoms with Gasteiger partial charge in [-0.1, -0.05) is 17.7 Å². The van der Waals surface area contributed by atoms with Gasteiger partial charge in [0.2, 0.25) is 0 Å². The summed E-state index contributed by atoms with van der Waals surface area (Å²) in [5.74, 6) is -0.211. The molecule has 1 heterocycles. The van der Waals surface area contributed by atoms with Crippen LogP contribution in [0.1, 0.15) is 28.0 Å². The van der Waals surface area contributed by atoms with Crippen LogP contribution in [0.25, 0.3) is 0 Å². The maximum absolute atomic E-state index is 12.4. The third-order valence-corrected chi connectivity index (χ3v) is 3.48. The van der Waals surface area contributed by atoms with Crippen molar-refractivity contribution in [1.29, 1.82) is 0 Å². The van der Waals surface area contributed by atoms with E-state index in [0.717, 1.165) is 29.9 Å². The molecule has 2 aromatic rings. The number of benzene rings is 1. The number of carbonyl (C=O) groups excluding carboxylic acids is 1. The third-order valence-electron chi connectivity index (χ3n) is 3.48. The third kappa shape index (κ3) is 5.07. The van der Waals surface area contributed by atoms with Gasteiger partial charge >= 0.3 is 0 Å². The summed E-state index contributed by atoms with van der Waals surface area (Å²) in [6, 6.07) is 9.53. The predicted molar refractivity (Wildman–Crippen MR) is 93.1 cm³/mol. The highest BCUT2D eigenvalue weighted by Gasteiger charge is 2.10. The molecule has 2 rings (SSSR count). The van der Waals surface area contributed by atoms with Crippen molar-refractivity contribution in [2.75, 3.05) is 30.9 Å². The van der Waals surface area contributed by atoms with E-state index in [4.69, 9.17) is 4.74 Å². The van der Waals surface area contributed by atoms with E-state index < -0.39 is 0 Å². The SMILES string of the molecule is COCCCNc1ccnc(C(=O)Nc2ccc(C)cc2C)c1. The van der Waals surface area contributed by atoms with Gasteiger partial charge in [-0.15, -0.1) is 0 Å². The van der Waals surface area contributed by atoms with Crippen molar-refractivity contribution in [3.63, 3.8) is 0 Å². The van der Waals surface area contributed by atoms with Gasteiger partial charge in [0.15, 0.2) is 0 Å². The van der Waals surface area contributed by atoms with Crippen LogP contribution in [0.2, 0.25) is 0 Å². The van der Waals surface area contributed by atoms with Crippen LogP contribution >= 0.6 is 0 Å². The zero-order valence-electron chi connectivity index (χ0n) is 13.8. The number of rotatable bonds is 7. The van der Waals surface area contributed by atoms with Gasteiger partial charge in [0.25, 0.3) is 5.91 Å². The Bertz CT molecular complexity index is 671. The van der Waals surface area contributed by atoms with E-state index in [2.05, 4.69) is 15.6 Å². The number of aryl methyl sites for hydroxylation is 2. The van der Waals surface area contributed by atoms with Gasteiger partial charge < -0.3 is 15.4 Å². The average molecular weight is 313 g/mol. The van der Waals surface area contributed by atoms with E-state index in [9.17, 15) is 4.79 Å². The lowest BCUT2D eigenvalue weighted by Gasteiger charge is -2.10. The molecule has 2 N–H and O–H groups in total. The minimum Gasteiger partial charge on any atom is -0.385 e. The molecular weight excluding hydrogens is 290 g/mol. The van der Waals surface area contributed by atoms with Gasteiger partial charge in [-0.25, -0.2) is 0 Å². The van der Waals surface area contributed by atoms with Crippen molar-refractivity contribution in [1.82, 2.24) is 4.98 Å². The van der Waals surface area contributed by atoms with Crippen molar-refractivity contribution < 1.29 is 9.53 Å². The number of hydrogen-bond acceptors (Lipinski definition) is 4. The summed E-state index contributed by atoms with van der Waals surface area (Å²) in [5.41, 5.74) is 4.28. The monoisotopic (exact) mass is 313 g/mol. The van der Waals surface area contributed by atoms with Crippen LogP contribution < -0.4 is 10.6 Å². The summed E-state index contributed by atoms with van der Waals surface area (Å²) < 4.78 is 5.01. The quantitative estimate of drug-likeness (QED) is 0.769. The molecule has 1 amide bonds. The van der Waals surface area contributed by atoms with Crippen LogP contribution in [0.15, 0.2) is 36.5 Å². The molecule has 5 nitrogen and oxygen atoms in total. The highest BCUT2D eigenvalue weighted by Crippen LogP contribution is 2.17. The molecule has 0 bridgehead atoms. The van der Waals surface area contributed by atoms with E-state index in [-0.39, 0.29) is 5.91 Å². The van der Waals surface area contributed by atoms with Gasteiger partial charge in [-0.3, -0.25) is 9.78 Å². The highest BCUT2D eigenvalue weighted by molar-refractivity contribution is 6.03. The molecule has 0 radical (unpaired) electrons. The number of aromatic nitrogens is 1. The van der Waals surface area contributed by atoms with Crippen molar-refractivity contribution >= 4 is 17.3 Å². The normalized spacial score (nSPS) is 10.4. The molecule has 0 unspecified atom stereocenters.